The van der Waals surface area contributed by atoms with Crippen LogP contribution in [-0.4, -0.2) is 34.4 Å². The quantitative estimate of drug-likeness (QED) is 0.463. The van der Waals surface area contributed by atoms with Gasteiger partial charge in [-0.25, -0.2) is 0 Å². The summed E-state index contributed by atoms with van der Waals surface area (Å²) in [4.78, 5) is 5.03. The van der Waals surface area contributed by atoms with Crippen molar-refractivity contribution >= 4 is 22.0 Å². The molecule has 0 atom stereocenters. The average molecular weight is 294 g/mol. The summed E-state index contributed by atoms with van der Waals surface area (Å²) in [6.45, 7) is 14.4. The molecule has 0 saturated carbocycles. The highest BCUT2D eigenvalue weighted by atomic mass is 28.4. The number of benzene rings is 1. The standard InChI is InChI=1S/C15H27NOSi2/c1-17-14(13-11-9-8-10-12-13)16-15(18(2,3)4)19(5,6)7/h8-12,15H,1-7H3/b16-14-. The summed E-state index contributed by atoms with van der Waals surface area (Å²) in [7, 11) is -0.960. The predicted molar refractivity (Wildman–Crippen MR) is 90.5 cm³/mol. The number of methoxy groups -OCH3 is 1. The molecule has 0 radical (unpaired) electrons. The number of hydrogen-bond acceptors (Lipinski definition) is 2. The van der Waals surface area contributed by atoms with Gasteiger partial charge in [0.1, 0.15) is 0 Å². The first-order valence-electron chi connectivity index (χ1n) is 6.83. The van der Waals surface area contributed by atoms with Gasteiger partial charge in [0, 0.05) is 10.9 Å². The predicted octanol–water partition coefficient (Wildman–Crippen LogP) is 4.20. The molecule has 2 nitrogen and oxygen atoms in total. The second-order valence-corrected chi connectivity index (χ2v) is 18.3. The van der Waals surface area contributed by atoms with Crippen LogP contribution in [0.3, 0.4) is 0 Å². The lowest BCUT2D eigenvalue weighted by molar-refractivity contribution is 0.402. The van der Waals surface area contributed by atoms with Crippen LogP contribution in [0.1, 0.15) is 5.56 Å². The zero-order valence-corrected chi connectivity index (χ0v) is 15.3. The van der Waals surface area contributed by atoms with E-state index in [2.05, 4.69) is 51.4 Å². The van der Waals surface area contributed by atoms with Crippen molar-refractivity contribution in [3.05, 3.63) is 35.9 Å². The SMILES string of the molecule is CO/C(=N\C([Si](C)(C)C)[Si](C)(C)C)c1ccccc1. The van der Waals surface area contributed by atoms with E-state index >= 15 is 0 Å². The molecule has 0 aliphatic heterocycles. The van der Waals surface area contributed by atoms with Crippen molar-refractivity contribution in [1.82, 2.24) is 0 Å². The van der Waals surface area contributed by atoms with Crippen LogP contribution in [0.5, 0.6) is 0 Å². The van der Waals surface area contributed by atoms with Crippen molar-refractivity contribution in [2.24, 2.45) is 4.99 Å². The maximum absolute atomic E-state index is 5.55. The van der Waals surface area contributed by atoms with Gasteiger partial charge in [0.05, 0.1) is 23.3 Å². The third-order valence-corrected chi connectivity index (χ3v) is 11.8. The molecule has 0 spiro atoms. The number of hydrogen-bond donors (Lipinski definition) is 0. The maximum atomic E-state index is 5.55. The Hall–Kier alpha value is -0.876. The fourth-order valence-corrected chi connectivity index (χ4v) is 14.0. The fraction of sp³-hybridized carbons (Fsp3) is 0.533. The van der Waals surface area contributed by atoms with E-state index in [-0.39, 0.29) is 0 Å². The first kappa shape index (κ1) is 16.2. The number of rotatable bonds is 4. The van der Waals surface area contributed by atoms with Gasteiger partial charge in [-0.05, 0) is 12.1 Å². The zero-order valence-electron chi connectivity index (χ0n) is 13.3. The molecular formula is C15H27NOSi2. The van der Waals surface area contributed by atoms with Crippen molar-refractivity contribution in [3.8, 4) is 0 Å². The van der Waals surface area contributed by atoms with E-state index in [1.54, 1.807) is 7.11 Å². The summed E-state index contributed by atoms with van der Waals surface area (Å²) >= 11 is 0. The Kier molecular flexibility index (Phi) is 5.15. The van der Waals surface area contributed by atoms with E-state index in [4.69, 9.17) is 9.73 Å². The zero-order chi connectivity index (χ0) is 14.7. The normalized spacial score (nSPS) is 13.8. The van der Waals surface area contributed by atoms with Gasteiger partial charge in [0.25, 0.3) is 0 Å². The molecule has 19 heavy (non-hydrogen) atoms. The Morgan fingerprint density at radius 1 is 0.947 bits per heavy atom. The van der Waals surface area contributed by atoms with Gasteiger partial charge < -0.3 is 4.74 Å². The van der Waals surface area contributed by atoms with Crippen molar-refractivity contribution in [1.29, 1.82) is 0 Å². The Balaban J connectivity index is 3.20. The van der Waals surface area contributed by atoms with Crippen LogP contribution in [0.25, 0.3) is 0 Å². The third-order valence-electron chi connectivity index (χ3n) is 3.10. The van der Waals surface area contributed by atoms with Crippen molar-refractivity contribution in [2.45, 2.75) is 44.6 Å². The van der Waals surface area contributed by atoms with E-state index in [0.29, 0.717) is 5.29 Å². The molecule has 0 amide bonds. The van der Waals surface area contributed by atoms with Crippen molar-refractivity contribution in [2.75, 3.05) is 7.11 Å². The fourth-order valence-electron chi connectivity index (χ4n) is 2.63. The molecule has 0 aliphatic carbocycles. The summed E-state index contributed by atoms with van der Waals surface area (Å²) < 4.78 is 5.55. The Bertz CT molecular complexity index is 416. The van der Waals surface area contributed by atoms with Gasteiger partial charge in [-0.15, -0.1) is 0 Å². The molecule has 1 aromatic carbocycles. The Morgan fingerprint density at radius 3 is 1.79 bits per heavy atom. The average Bonchev–Trinajstić information content (AvgIpc) is 2.28. The highest BCUT2D eigenvalue weighted by molar-refractivity contribution is 6.96. The van der Waals surface area contributed by atoms with Gasteiger partial charge in [-0.3, -0.25) is 4.99 Å². The Labute approximate surface area is 119 Å². The largest absolute Gasteiger partial charge is 0.481 e. The molecule has 106 valence electrons. The smallest absolute Gasteiger partial charge is 0.215 e. The third kappa shape index (κ3) is 4.62. The summed E-state index contributed by atoms with van der Waals surface area (Å²) in [6.07, 6.45) is 0. The molecule has 0 unspecified atom stereocenters. The van der Waals surface area contributed by atoms with E-state index in [0.717, 1.165) is 11.5 Å². The minimum Gasteiger partial charge on any atom is -0.481 e. The number of aliphatic imine (C=N–C) groups is 1. The number of ether oxygens (including phenoxy) is 1. The van der Waals surface area contributed by atoms with Crippen molar-refractivity contribution < 1.29 is 4.74 Å². The van der Waals surface area contributed by atoms with E-state index in [1.807, 2.05) is 18.2 Å². The first-order chi connectivity index (χ1) is 8.66. The number of nitrogens with zero attached hydrogens (tertiary/aromatic N) is 1. The summed E-state index contributed by atoms with van der Waals surface area (Å²) in [5, 5.41) is 0.468. The molecule has 0 heterocycles. The second-order valence-electron chi connectivity index (χ2n) is 7.14. The van der Waals surface area contributed by atoms with Crippen LogP contribution in [0.15, 0.2) is 35.3 Å². The molecule has 4 heteroatoms. The maximum Gasteiger partial charge on any atom is 0.215 e. The topological polar surface area (TPSA) is 21.6 Å². The van der Waals surface area contributed by atoms with Gasteiger partial charge in [0.15, 0.2) is 0 Å². The second kappa shape index (κ2) is 6.05. The highest BCUT2D eigenvalue weighted by Crippen LogP contribution is 2.23. The minimum absolute atomic E-state index is 0.468. The molecular weight excluding hydrogens is 266 g/mol. The molecule has 0 fully saturated rings. The van der Waals surface area contributed by atoms with Crippen LogP contribution in [0.2, 0.25) is 39.3 Å². The Morgan fingerprint density at radius 2 is 1.42 bits per heavy atom. The molecule has 0 saturated heterocycles. The summed E-state index contributed by atoms with van der Waals surface area (Å²) in [6, 6.07) is 10.2. The van der Waals surface area contributed by atoms with Crippen LogP contribution in [0.4, 0.5) is 0 Å². The van der Waals surface area contributed by atoms with Gasteiger partial charge >= 0.3 is 0 Å². The van der Waals surface area contributed by atoms with E-state index in [1.165, 1.54) is 0 Å². The molecule has 0 N–H and O–H groups in total. The molecule has 0 bridgehead atoms. The molecule has 0 aliphatic rings. The van der Waals surface area contributed by atoms with Gasteiger partial charge in [-0.1, -0.05) is 57.5 Å². The first-order valence-corrected chi connectivity index (χ1v) is 14.0. The van der Waals surface area contributed by atoms with Crippen LogP contribution in [-0.2, 0) is 4.74 Å². The summed E-state index contributed by atoms with van der Waals surface area (Å²) in [5.41, 5.74) is 1.08. The van der Waals surface area contributed by atoms with Crippen LogP contribution in [0, 0.1) is 0 Å². The van der Waals surface area contributed by atoms with E-state index in [9.17, 15) is 0 Å². The summed E-state index contributed by atoms with van der Waals surface area (Å²) in [5.74, 6) is 0.787. The van der Waals surface area contributed by atoms with Gasteiger partial charge in [-0.2, -0.15) is 0 Å². The minimum atomic E-state index is -1.34. The van der Waals surface area contributed by atoms with E-state index < -0.39 is 16.1 Å². The molecule has 1 aromatic rings. The lowest BCUT2D eigenvalue weighted by atomic mass is 10.2. The monoisotopic (exact) mass is 293 g/mol. The van der Waals surface area contributed by atoms with Crippen molar-refractivity contribution in [3.63, 3.8) is 0 Å². The molecule has 0 aromatic heterocycles. The molecule has 1 rings (SSSR count). The van der Waals surface area contributed by atoms with Crippen LogP contribution >= 0.6 is 0 Å². The van der Waals surface area contributed by atoms with Crippen LogP contribution < -0.4 is 0 Å². The lowest BCUT2D eigenvalue weighted by Gasteiger charge is -2.35. The highest BCUT2D eigenvalue weighted by Gasteiger charge is 2.38. The van der Waals surface area contributed by atoms with Gasteiger partial charge in [0.2, 0.25) is 5.90 Å². The lowest BCUT2D eigenvalue weighted by Crippen LogP contribution is -2.53.